The summed E-state index contributed by atoms with van der Waals surface area (Å²) in [6, 6.07) is 10.4. The average molecular weight is 286 g/mol. The minimum atomic E-state index is -1.11. The van der Waals surface area contributed by atoms with Crippen LogP contribution in [0.2, 0.25) is 0 Å². The number of nitrogens with zero attached hydrogens (tertiary/aromatic N) is 1. The number of hydrogen-bond acceptors (Lipinski definition) is 4. The van der Waals surface area contributed by atoms with Crippen LogP contribution in [-0.2, 0) is 0 Å². The molecule has 1 amide bonds. The van der Waals surface area contributed by atoms with E-state index in [0.29, 0.717) is 11.1 Å². The van der Waals surface area contributed by atoms with E-state index in [1.54, 1.807) is 37.3 Å². The van der Waals surface area contributed by atoms with Gasteiger partial charge in [0.1, 0.15) is 15.9 Å². The maximum atomic E-state index is 12.0. The van der Waals surface area contributed by atoms with Gasteiger partial charge in [-0.2, -0.15) is 5.26 Å². The lowest BCUT2D eigenvalue weighted by atomic mass is 10.1. The first kappa shape index (κ1) is 13.8. The minimum absolute atomic E-state index is 0.0601. The Labute approximate surface area is 119 Å². The van der Waals surface area contributed by atoms with E-state index < -0.39 is 5.97 Å². The molecule has 0 saturated heterocycles. The van der Waals surface area contributed by atoms with E-state index in [0.717, 1.165) is 11.3 Å². The van der Waals surface area contributed by atoms with E-state index in [1.807, 2.05) is 6.07 Å². The molecule has 0 aliphatic heterocycles. The van der Waals surface area contributed by atoms with Crippen molar-refractivity contribution in [2.75, 3.05) is 5.32 Å². The predicted molar refractivity (Wildman–Crippen MR) is 75.1 cm³/mol. The minimum Gasteiger partial charge on any atom is -0.477 e. The van der Waals surface area contributed by atoms with Crippen LogP contribution in [0.1, 0.15) is 31.2 Å². The highest BCUT2D eigenvalue weighted by molar-refractivity contribution is 7.18. The molecule has 6 heteroatoms. The Morgan fingerprint density at radius 1 is 1.30 bits per heavy atom. The second-order valence-corrected chi connectivity index (χ2v) is 5.02. The average Bonchev–Trinajstić information content (AvgIpc) is 2.76. The number of carboxylic acid groups (broad SMARTS) is 1. The molecule has 0 fully saturated rings. The van der Waals surface area contributed by atoms with E-state index in [-0.39, 0.29) is 21.3 Å². The van der Waals surface area contributed by atoms with Crippen molar-refractivity contribution in [2.45, 2.75) is 6.92 Å². The Hall–Kier alpha value is -2.65. The van der Waals surface area contributed by atoms with E-state index >= 15 is 0 Å². The second kappa shape index (κ2) is 5.55. The third kappa shape index (κ3) is 2.53. The van der Waals surface area contributed by atoms with Crippen molar-refractivity contribution in [2.24, 2.45) is 0 Å². The molecule has 2 rings (SSSR count). The number of thiophene rings is 1. The summed E-state index contributed by atoms with van der Waals surface area (Å²) < 4.78 is 0. The van der Waals surface area contributed by atoms with E-state index in [4.69, 9.17) is 10.4 Å². The van der Waals surface area contributed by atoms with Crippen LogP contribution in [0.5, 0.6) is 0 Å². The molecule has 2 aromatic rings. The Bertz CT molecular complexity index is 714. The molecule has 0 radical (unpaired) electrons. The predicted octanol–water partition coefficient (Wildman–Crippen LogP) is 2.88. The molecule has 0 saturated carbocycles. The largest absolute Gasteiger partial charge is 0.477 e. The van der Waals surface area contributed by atoms with E-state index in [9.17, 15) is 9.59 Å². The highest BCUT2D eigenvalue weighted by Gasteiger charge is 2.21. The summed E-state index contributed by atoms with van der Waals surface area (Å²) in [5.41, 5.74) is 1.00. The monoisotopic (exact) mass is 286 g/mol. The summed E-state index contributed by atoms with van der Waals surface area (Å²) in [5, 5.41) is 21.0. The molecule has 0 spiro atoms. The van der Waals surface area contributed by atoms with Gasteiger partial charge in [0.2, 0.25) is 0 Å². The number of carbonyl (C=O) groups is 2. The molecule has 5 nitrogen and oxygen atoms in total. The van der Waals surface area contributed by atoms with Crippen LogP contribution in [-0.4, -0.2) is 17.0 Å². The molecule has 1 heterocycles. The van der Waals surface area contributed by atoms with Gasteiger partial charge in [0.15, 0.2) is 0 Å². The number of rotatable bonds is 3. The van der Waals surface area contributed by atoms with Crippen molar-refractivity contribution >= 4 is 28.2 Å². The number of amides is 1. The molecule has 0 bridgehead atoms. The molecule has 0 atom stereocenters. The first-order chi connectivity index (χ1) is 9.54. The van der Waals surface area contributed by atoms with Gasteiger partial charge in [-0.05, 0) is 24.6 Å². The molecular formula is C14H10N2O3S. The van der Waals surface area contributed by atoms with Gasteiger partial charge in [0.25, 0.3) is 5.91 Å². The molecule has 0 unspecified atom stereocenters. The molecule has 1 aromatic carbocycles. The third-order valence-electron chi connectivity index (χ3n) is 2.72. The van der Waals surface area contributed by atoms with Crippen LogP contribution in [0.3, 0.4) is 0 Å². The first-order valence-electron chi connectivity index (χ1n) is 5.67. The fourth-order valence-electron chi connectivity index (χ4n) is 1.70. The first-order valence-corrected chi connectivity index (χ1v) is 6.49. The zero-order valence-corrected chi connectivity index (χ0v) is 11.3. The zero-order valence-electron chi connectivity index (χ0n) is 10.5. The van der Waals surface area contributed by atoms with Gasteiger partial charge >= 0.3 is 5.97 Å². The number of aromatic carboxylic acids is 1. The lowest BCUT2D eigenvalue weighted by Crippen LogP contribution is -2.11. The maximum Gasteiger partial charge on any atom is 0.346 e. The van der Waals surface area contributed by atoms with Crippen LogP contribution < -0.4 is 5.32 Å². The topological polar surface area (TPSA) is 90.2 Å². The van der Waals surface area contributed by atoms with Crippen LogP contribution in [0, 0.1) is 18.3 Å². The fourth-order valence-corrected chi connectivity index (χ4v) is 2.70. The molecule has 20 heavy (non-hydrogen) atoms. The van der Waals surface area contributed by atoms with Gasteiger partial charge < -0.3 is 10.4 Å². The van der Waals surface area contributed by atoms with Gasteiger partial charge in [0.05, 0.1) is 5.56 Å². The van der Waals surface area contributed by atoms with Crippen LogP contribution in [0.4, 0.5) is 5.00 Å². The summed E-state index contributed by atoms with van der Waals surface area (Å²) in [5.74, 6) is -1.48. The third-order valence-corrected chi connectivity index (χ3v) is 3.91. The Balaban J connectivity index is 2.35. The molecule has 1 aromatic heterocycles. The molecule has 0 aliphatic carbocycles. The van der Waals surface area contributed by atoms with E-state index in [2.05, 4.69) is 5.32 Å². The zero-order chi connectivity index (χ0) is 14.7. The smallest absolute Gasteiger partial charge is 0.346 e. The lowest BCUT2D eigenvalue weighted by molar-refractivity contribution is 0.0701. The van der Waals surface area contributed by atoms with Crippen LogP contribution >= 0.6 is 11.3 Å². The number of hydrogen-bond donors (Lipinski definition) is 2. The number of nitriles is 1. The van der Waals surface area contributed by atoms with Crippen molar-refractivity contribution in [1.29, 1.82) is 5.26 Å². The number of anilines is 1. The van der Waals surface area contributed by atoms with Crippen LogP contribution in [0.25, 0.3) is 0 Å². The SMILES string of the molecule is Cc1c(C(=O)O)sc(NC(=O)c2ccccc2)c1C#N. The highest BCUT2D eigenvalue weighted by atomic mass is 32.1. The summed E-state index contributed by atoms with van der Waals surface area (Å²) in [6.45, 7) is 1.55. The second-order valence-electron chi connectivity index (χ2n) is 4.00. The number of carboxylic acids is 1. The van der Waals surface area contributed by atoms with Crippen molar-refractivity contribution < 1.29 is 14.7 Å². The Kier molecular flexibility index (Phi) is 3.82. The van der Waals surface area contributed by atoms with Crippen molar-refractivity contribution in [1.82, 2.24) is 0 Å². The summed E-state index contributed by atoms with van der Waals surface area (Å²) >= 11 is 0.888. The Morgan fingerprint density at radius 2 is 1.95 bits per heavy atom. The standard InChI is InChI=1S/C14H10N2O3S/c1-8-10(7-15)13(20-11(8)14(18)19)16-12(17)9-5-3-2-4-6-9/h2-6H,1H3,(H,16,17)(H,18,19). The summed E-state index contributed by atoms with van der Waals surface area (Å²) in [7, 11) is 0. The fraction of sp³-hybridized carbons (Fsp3) is 0.0714. The molecule has 100 valence electrons. The summed E-state index contributed by atoms with van der Waals surface area (Å²) in [4.78, 5) is 23.1. The molecular weight excluding hydrogens is 276 g/mol. The van der Waals surface area contributed by atoms with Gasteiger partial charge in [0, 0.05) is 5.56 Å². The van der Waals surface area contributed by atoms with Crippen LogP contribution in [0.15, 0.2) is 30.3 Å². The normalized spacial score (nSPS) is 9.80. The van der Waals surface area contributed by atoms with Gasteiger partial charge in [-0.15, -0.1) is 11.3 Å². The van der Waals surface area contributed by atoms with Gasteiger partial charge in [-0.25, -0.2) is 4.79 Å². The number of nitrogens with one attached hydrogen (secondary N) is 1. The Morgan fingerprint density at radius 3 is 2.50 bits per heavy atom. The molecule has 0 aliphatic rings. The lowest BCUT2D eigenvalue weighted by Gasteiger charge is -2.02. The van der Waals surface area contributed by atoms with Crippen molar-refractivity contribution in [3.05, 3.63) is 51.9 Å². The number of benzene rings is 1. The van der Waals surface area contributed by atoms with E-state index in [1.165, 1.54) is 0 Å². The highest BCUT2D eigenvalue weighted by Crippen LogP contribution is 2.32. The quantitative estimate of drug-likeness (QED) is 0.907. The van der Waals surface area contributed by atoms with Gasteiger partial charge in [-0.3, -0.25) is 4.79 Å². The maximum absolute atomic E-state index is 12.0. The van der Waals surface area contributed by atoms with Crippen molar-refractivity contribution in [3.8, 4) is 6.07 Å². The van der Waals surface area contributed by atoms with Crippen molar-refractivity contribution in [3.63, 3.8) is 0 Å². The summed E-state index contributed by atoms with van der Waals surface area (Å²) in [6.07, 6.45) is 0. The van der Waals surface area contributed by atoms with Gasteiger partial charge in [-0.1, -0.05) is 18.2 Å². The number of carbonyl (C=O) groups excluding carboxylic acids is 1. The molecule has 2 N–H and O–H groups in total.